The highest BCUT2D eigenvalue weighted by molar-refractivity contribution is 5.95. The molecular formula is C13H16FN3O. The summed E-state index contributed by atoms with van der Waals surface area (Å²) in [5.74, 6) is 0.0585. The largest absolute Gasteiger partial charge is 0.381 e. The molecule has 0 spiro atoms. The van der Waals surface area contributed by atoms with Gasteiger partial charge in [0.1, 0.15) is 0 Å². The van der Waals surface area contributed by atoms with E-state index in [0.717, 1.165) is 13.1 Å². The molecule has 18 heavy (non-hydrogen) atoms. The quantitative estimate of drug-likeness (QED) is 0.823. The maximum absolute atomic E-state index is 13.8. The molecule has 2 fully saturated rings. The second kappa shape index (κ2) is 4.23. The Hall–Kier alpha value is -1.65. The zero-order valence-corrected chi connectivity index (χ0v) is 10.1. The minimum atomic E-state index is -0.695. The van der Waals surface area contributed by atoms with Crippen molar-refractivity contribution in [3.05, 3.63) is 23.6 Å². The number of anilines is 1. The van der Waals surface area contributed by atoms with E-state index in [4.69, 9.17) is 5.73 Å². The minimum absolute atomic E-state index is 0.0440. The normalized spacial score (nSPS) is 26.4. The third-order valence-electron chi connectivity index (χ3n) is 4.16. The molecule has 0 bridgehead atoms. The highest BCUT2D eigenvalue weighted by Crippen LogP contribution is 2.38. The molecule has 1 aromatic heterocycles. The van der Waals surface area contributed by atoms with Gasteiger partial charge in [0, 0.05) is 19.3 Å². The molecule has 1 saturated carbocycles. The number of fused-ring (bicyclic) bond motifs is 1. The number of amides is 1. The predicted molar refractivity (Wildman–Crippen MR) is 65.3 cm³/mol. The number of nitrogen functional groups attached to an aromatic ring is 1. The van der Waals surface area contributed by atoms with E-state index in [1.807, 2.05) is 0 Å². The second-order valence-electron chi connectivity index (χ2n) is 5.22. The number of halogens is 1. The van der Waals surface area contributed by atoms with E-state index < -0.39 is 5.82 Å². The average Bonchev–Trinajstić information content (AvgIpc) is 2.92. The third kappa shape index (κ3) is 1.74. The van der Waals surface area contributed by atoms with E-state index in [1.165, 1.54) is 31.5 Å². The van der Waals surface area contributed by atoms with Crippen LogP contribution in [0.2, 0.25) is 0 Å². The number of rotatable bonds is 1. The highest BCUT2D eigenvalue weighted by Gasteiger charge is 2.38. The summed E-state index contributed by atoms with van der Waals surface area (Å²) in [5.41, 5.74) is 5.44. The van der Waals surface area contributed by atoms with Crippen molar-refractivity contribution in [3.8, 4) is 0 Å². The molecule has 1 aromatic rings. The lowest BCUT2D eigenvalue weighted by molar-refractivity contribution is 0.0776. The van der Waals surface area contributed by atoms with Gasteiger partial charge in [-0.05, 0) is 30.7 Å². The molecule has 0 aromatic carbocycles. The molecule has 1 aliphatic carbocycles. The lowest BCUT2D eigenvalue weighted by Gasteiger charge is -2.17. The molecule has 1 aliphatic heterocycles. The molecule has 2 aliphatic rings. The number of carbonyl (C=O) groups excluding carboxylic acids is 1. The maximum atomic E-state index is 13.8. The standard InChI is InChI=1S/C13H16FN3O/c14-11-10(4-5-16-12(11)15)13(18)17-6-8-2-1-3-9(8)7-17/h4-5,8-9H,1-3,6-7H2,(H2,15,16). The summed E-state index contributed by atoms with van der Waals surface area (Å²) in [5, 5.41) is 0. The number of carbonyl (C=O) groups is 1. The van der Waals surface area contributed by atoms with Crippen LogP contribution in [0.15, 0.2) is 12.3 Å². The highest BCUT2D eigenvalue weighted by atomic mass is 19.1. The zero-order valence-electron chi connectivity index (χ0n) is 10.1. The van der Waals surface area contributed by atoms with Gasteiger partial charge in [-0.15, -0.1) is 0 Å². The van der Waals surface area contributed by atoms with Gasteiger partial charge in [0.05, 0.1) is 5.56 Å². The van der Waals surface area contributed by atoms with E-state index in [-0.39, 0.29) is 17.3 Å². The van der Waals surface area contributed by atoms with Gasteiger partial charge in [0.25, 0.3) is 5.91 Å². The molecule has 5 heteroatoms. The number of pyridine rings is 1. The summed E-state index contributed by atoms with van der Waals surface area (Å²) in [6, 6.07) is 1.40. The van der Waals surface area contributed by atoms with Crippen molar-refractivity contribution in [1.82, 2.24) is 9.88 Å². The van der Waals surface area contributed by atoms with Gasteiger partial charge >= 0.3 is 0 Å². The van der Waals surface area contributed by atoms with Crippen LogP contribution >= 0.6 is 0 Å². The number of likely N-dealkylation sites (tertiary alicyclic amines) is 1. The molecule has 1 saturated heterocycles. The molecule has 2 N–H and O–H groups in total. The van der Waals surface area contributed by atoms with Crippen LogP contribution in [0.4, 0.5) is 10.2 Å². The first-order valence-corrected chi connectivity index (χ1v) is 6.36. The Bertz CT molecular complexity index is 479. The van der Waals surface area contributed by atoms with Gasteiger partial charge in [-0.3, -0.25) is 4.79 Å². The summed E-state index contributed by atoms with van der Waals surface area (Å²) < 4.78 is 13.8. The number of hydrogen-bond donors (Lipinski definition) is 1. The van der Waals surface area contributed by atoms with Crippen molar-refractivity contribution >= 4 is 11.7 Å². The topological polar surface area (TPSA) is 59.2 Å². The second-order valence-corrected chi connectivity index (χ2v) is 5.22. The van der Waals surface area contributed by atoms with Crippen LogP contribution in [-0.4, -0.2) is 28.9 Å². The Morgan fingerprint density at radius 2 is 2.06 bits per heavy atom. The predicted octanol–water partition coefficient (Wildman–Crippen LogP) is 1.68. The van der Waals surface area contributed by atoms with E-state index in [2.05, 4.69) is 4.98 Å². The van der Waals surface area contributed by atoms with Gasteiger partial charge in [-0.1, -0.05) is 6.42 Å². The molecule has 2 atom stereocenters. The molecule has 2 unspecified atom stereocenters. The van der Waals surface area contributed by atoms with Crippen LogP contribution in [0.25, 0.3) is 0 Å². The molecule has 4 nitrogen and oxygen atoms in total. The van der Waals surface area contributed by atoms with Crippen LogP contribution in [0.3, 0.4) is 0 Å². The third-order valence-corrected chi connectivity index (χ3v) is 4.16. The Labute approximate surface area is 105 Å². The monoisotopic (exact) mass is 249 g/mol. The number of aromatic nitrogens is 1. The molecule has 3 rings (SSSR count). The smallest absolute Gasteiger partial charge is 0.257 e. The molecule has 0 radical (unpaired) electrons. The maximum Gasteiger partial charge on any atom is 0.257 e. The Morgan fingerprint density at radius 3 is 2.72 bits per heavy atom. The summed E-state index contributed by atoms with van der Waals surface area (Å²) >= 11 is 0. The Balaban J connectivity index is 1.81. The van der Waals surface area contributed by atoms with Crippen LogP contribution in [0.1, 0.15) is 29.6 Å². The van der Waals surface area contributed by atoms with Gasteiger partial charge in [-0.2, -0.15) is 0 Å². The summed E-state index contributed by atoms with van der Waals surface area (Å²) in [4.78, 5) is 17.6. The van der Waals surface area contributed by atoms with E-state index in [9.17, 15) is 9.18 Å². The van der Waals surface area contributed by atoms with Crippen molar-refractivity contribution < 1.29 is 9.18 Å². The van der Waals surface area contributed by atoms with Crippen LogP contribution in [-0.2, 0) is 0 Å². The zero-order chi connectivity index (χ0) is 12.7. The van der Waals surface area contributed by atoms with Crippen molar-refractivity contribution in [2.45, 2.75) is 19.3 Å². The Kier molecular flexibility index (Phi) is 2.69. The number of nitrogens with two attached hydrogens (primary N) is 1. The van der Waals surface area contributed by atoms with Crippen molar-refractivity contribution in [3.63, 3.8) is 0 Å². The van der Waals surface area contributed by atoms with Crippen LogP contribution in [0, 0.1) is 17.7 Å². The van der Waals surface area contributed by atoms with Gasteiger partial charge in [0.15, 0.2) is 11.6 Å². The number of nitrogens with zero attached hydrogens (tertiary/aromatic N) is 2. The van der Waals surface area contributed by atoms with Crippen LogP contribution in [0.5, 0.6) is 0 Å². The van der Waals surface area contributed by atoms with Crippen LogP contribution < -0.4 is 5.73 Å². The SMILES string of the molecule is Nc1nccc(C(=O)N2CC3CCCC3C2)c1F. The molecule has 96 valence electrons. The van der Waals surface area contributed by atoms with Gasteiger partial charge < -0.3 is 10.6 Å². The first-order chi connectivity index (χ1) is 8.66. The fraction of sp³-hybridized carbons (Fsp3) is 0.538. The summed E-state index contributed by atoms with van der Waals surface area (Å²) in [6.07, 6.45) is 5.02. The van der Waals surface area contributed by atoms with E-state index in [1.54, 1.807) is 4.90 Å². The number of hydrogen-bond acceptors (Lipinski definition) is 3. The van der Waals surface area contributed by atoms with Crippen molar-refractivity contribution in [2.75, 3.05) is 18.8 Å². The first kappa shape index (κ1) is 11.4. The molecule has 1 amide bonds. The van der Waals surface area contributed by atoms with Crippen molar-refractivity contribution in [2.24, 2.45) is 11.8 Å². The summed E-state index contributed by atoms with van der Waals surface area (Å²) in [6.45, 7) is 1.51. The summed E-state index contributed by atoms with van der Waals surface area (Å²) in [7, 11) is 0. The lowest BCUT2D eigenvalue weighted by atomic mass is 10.0. The van der Waals surface area contributed by atoms with Gasteiger partial charge in [0.2, 0.25) is 0 Å². The lowest BCUT2D eigenvalue weighted by Crippen LogP contribution is -2.30. The van der Waals surface area contributed by atoms with E-state index >= 15 is 0 Å². The average molecular weight is 249 g/mol. The fourth-order valence-corrected chi connectivity index (χ4v) is 3.20. The van der Waals surface area contributed by atoms with Crippen molar-refractivity contribution in [1.29, 1.82) is 0 Å². The molecule has 2 heterocycles. The first-order valence-electron chi connectivity index (χ1n) is 6.36. The minimum Gasteiger partial charge on any atom is -0.381 e. The molecular weight excluding hydrogens is 233 g/mol. The van der Waals surface area contributed by atoms with E-state index in [0.29, 0.717) is 11.8 Å². The van der Waals surface area contributed by atoms with Gasteiger partial charge in [-0.25, -0.2) is 9.37 Å². The Morgan fingerprint density at radius 1 is 1.39 bits per heavy atom. The fourth-order valence-electron chi connectivity index (χ4n) is 3.20.